The van der Waals surface area contributed by atoms with E-state index in [1.165, 1.54) is 0 Å². The number of ether oxygens (including phenoxy) is 1. The molecule has 0 unspecified atom stereocenters. The van der Waals surface area contributed by atoms with Crippen LogP contribution in [0.25, 0.3) is 0 Å². The van der Waals surface area contributed by atoms with E-state index < -0.39 is 17.1 Å². The number of carbonyl (C=O) groups excluding carboxylic acids is 1. The number of rotatable bonds is 5. The average Bonchev–Trinajstić information content (AvgIpc) is 2.17. The number of carboxylic acids is 1. The van der Waals surface area contributed by atoms with E-state index in [0.717, 1.165) is 6.54 Å². The molecule has 6 nitrogen and oxygen atoms in total. The fourth-order valence-electron chi connectivity index (χ4n) is 2.14. The Morgan fingerprint density at radius 1 is 1.35 bits per heavy atom. The average molecular weight is 286 g/mol. The highest BCUT2D eigenvalue weighted by atomic mass is 16.6. The molecule has 0 aromatic rings. The number of aliphatic carboxylic acids is 1. The van der Waals surface area contributed by atoms with Crippen LogP contribution < -0.4 is 5.32 Å². The Hall–Kier alpha value is -1.30. The van der Waals surface area contributed by atoms with Crippen molar-refractivity contribution in [3.63, 3.8) is 0 Å². The van der Waals surface area contributed by atoms with Crippen molar-refractivity contribution < 1.29 is 19.4 Å². The number of nitrogens with one attached hydrogen (secondary N) is 1. The number of hydrogen-bond donors (Lipinski definition) is 2. The van der Waals surface area contributed by atoms with Crippen LogP contribution in [0.15, 0.2) is 0 Å². The Morgan fingerprint density at radius 2 is 1.90 bits per heavy atom. The molecule has 1 aliphatic heterocycles. The molecule has 1 fully saturated rings. The molecule has 1 rings (SSSR count). The van der Waals surface area contributed by atoms with Gasteiger partial charge in [-0.25, -0.2) is 4.79 Å². The van der Waals surface area contributed by atoms with Gasteiger partial charge in [-0.2, -0.15) is 0 Å². The molecule has 0 saturated carbocycles. The van der Waals surface area contributed by atoms with Crippen LogP contribution in [0.2, 0.25) is 0 Å². The van der Waals surface area contributed by atoms with Gasteiger partial charge >= 0.3 is 12.1 Å². The van der Waals surface area contributed by atoms with Gasteiger partial charge in [0.05, 0.1) is 12.0 Å². The second-order valence-electron chi connectivity index (χ2n) is 6.96. The first-order chi connectivity index (χ1) is 9.03. The number of likely N-dealkylation sites (tertiary alicyclic amines) is 1. The highest BCUT2D eigenvalue weighted by Gasteiger charge is 2.47. The van der Waals surface area contributed by atoms with Gasteiger partial charge in [-0.1, -0.05) is 13.8 Å². The summed E-state index contributed by atoms with van der Waals surface area (Å²) in [5.74, 6) is -0.429. The summed E-state index contributed by atoms with van der Waals surface area (Å²) < 4.78 is 5.28. The van der Waals surface area contributed by atoms with Gasteiger partial charge in [0, 0.05) is 13.1 Å². The first-order valence-corrected chi connectivity index (χ1v) is 6.98. The molecule has 1 saturated heterocycles. The summed E-state index contributed by atoms with van der Waals surface area (Å²) in [5.41, 5.74) is -1.06. The standard InChI is InChI=1S/C14H26N2O4/c1-10(2)7-15-14(6-11(17)18)8-16(9-14)12(19)20-13(3,4)5/h10,15H,6-9H2,1-5H3,(H,17,18). The summed E-state index contributed by atoms with van der Waals surface area (Å²) in [5, 5.41) is 12.3. The molecule has 0 aromatic heterocycles. The van der Waals surface area contributed by atoms with E-state index in [1.807, 2.05) is 20.8 Å². The van der Waals surface area contributed by atoms with E-state index in [2.05, 4.69) is 19.2 Å². The summed E-state index contributed by atoms with van der Waals surface area (Å²) in [6, 6.07) is 0. The van der Waals surface area contributed by atoms with Gasteiger partial charge in [-0.15, -0.1) is 0 Å². The van der Waals surface area contributed by atoms with Crippen molar-refractivity contribution in [1.82, 2.24) is 10.2 Å². The second-order valence-corrected chi connectivity index (χ2v) is 6.96. The number of carbonyl (C=O) groups is 2. The minimum absolute atomic E-state index is 0.0129. The van der Waals surface area contributed by atoms with E-state index in [0.29, 0.717) is 19.0 Å². The molecular weight excluding hydrogens is 260 g/mol. The first kappa shape index (κ1) is 16.8. The summed E-state index contributed by atoms with van der Waals surface area (Å²) in [4.78, 5) is 24.4. The molecule has 2 N–H and O–H groups in total. The van der Waals surface area contributed by atoms with Crippen LogP contribution in [-0.4, -0.2) is 52.8 Å². The highest BCUT2D eigenvalue weighted by molar-refractivity contribution is 5.73. The van der Waals surface area contributed by atoms with Gasteiger partial charge in [-0.3, -0.25) is 4.79 Å². The monoisotopic (exact) mass is 286 g/mol. The molecule has 20 heavy (non-hydrogen) atoms. The maximum atomic E-state index is 11.9. The molecule has 116 valence electrons. The number of hydrogen-bond acceptors (Lipinski definition) is 4. The van der Waals surface area contributed by atoms with Crippen LogP contribution >= 0.6 is 0 Å². The normalized spacial score (nSPS) is 17.8. The molecule has 0 atom stereocenters. The van der Waals surface area contributed by atoms with E-state index in [9.17, 15) is 9.59 Å². The zero-order valence-corrected chi connectivity index (χ0v) is 13.0. The molecule has 0 aromatic carbocycles. The molecule has 6 heteroatoms. The van der Waals surface area contributed by atoms with Crippen LogP contribution in [0.5, 0.6) is 0 Å². The summed E-state index contributed by atoms with van der Waals surface area (Å²) >= 11 is 0. The maximum Gasteiger partial charge on any atom is 0.410 e. The zero-order chi connectivity index (χ0) is 15.6. The molecule has 1 aliphatic rings. The molecular formula is C14H26N2O4. The van der Waals surface area contributed by atoms with Crippen molar-refractivity contribution in [3.8, 4) is 0 Å². The minimum Gasteiger partial charge on any atom is -0.481 e. The summed E-state index contributed by atoms with van der Waals surface area (Å²) in [7, 11) is 0. The Bertz CT molecular complexity index is 368. The maximum absolute atomic E-state index is 11.9. The number of carboxylic acid groups (broad SMARTS) is 1. The van der Waals surface area contributed by atoms with Gasteiger partial charge in [-0.05, 0) is 33.2 Å². The van der Waals surface area contributed by atoms with Crippen molar-refractivity contribution in [1.29, 1.82) is 0 Å². The number of amides is 1. The zero-order valence-electron chi connectivity index (χ0n) is 13.0. The summed E-state index contributed by atoms with van der Waals surface area (Å²) in [6.07, 6.45) is -0.371. The lowest BCUT2D eigenvalue weighted by molar-refractivity contribution is -0.141. The van der Waals surface area contributed by atoms with Crippen LogP contribution in [0.3, 0.4) is 0 Å². The minimum atomic E-state index is -0.856. The van der Waals surface area contributed by atoms with Crippen LogP contribution in [-0.2, 0) is 9.53 Å². The fraction of sp³-hybridized carbons (Fsp3) is 0.857. The Labute approximate surface area is 120 Å². The number of nitrogens with zero attached hydrogens (tertiary/aromatic N) is 1. The molecule has 1 amide bonds. The van der Waals surface area contributed by atoms with Crippen molar-refractivity contribution in [2.24, 2.45) is 5.92 Å². The van der Waals surface area contributed by atoms with E-state index in [4.69, 9.17) is 9.84 Å². The Kier molecular flexibility index (Phi) is 5.02. The van der Waals surface area contributed by atoms with Crippen molar-refractivity contribution in [2.75, 3.05) is 19.6 Å². The van der Waals surface area contributed by atoms with Gasteiger partial charge < -0.3 is 20.1 Å². The molecule has 0 bridgehead atoms. The van der Waals surface area contributed by atoms with Crippen molar-refractivity contribution >= 4 is 12.1 Å². The van der Waals surface area contributed by atoms with Crippen molar-refractivity contribution in [2.45, 2.75) is 52.2 Å². The SMILES string of the molecule is CC(C)CNC1(CC(=O)O)CN(C(=O)OC(C)(C)C)C1. The Balaban J connectivity index is 2.56. The lowest BCUT2D eigenvalue weighted by Gasteiger charge is -2.50. The van der Waals surface area contributed by atoms with E-state index >= 15 is 0 Å². The molecule has 0 spiro atoms. The third-order valence-corrected chi connectivity index (χ3v) is 3.01. The predicted octanol–water partition coefficient (Wildman–Crippen LogP) is 1.70. The fourth-order valence-corrected chi connectivity index (χ4v) is 2.14. The smallest absolute Gasteiger partial charge is 0.410 e. The largest absolute Gasteiger partial charge is 0.481 e. The molecule has 0 aliphatic carbocycles. The van der Waals surface area contributed by atoms with Gasteiger partial charge in [0.1, 0.15) is 5.60 Å². The third kappa shape index (κ3) is 5.00. The lowest BCUT2D eigenvalue weighted by atomic mass is 9.86. The first-order valence-electron chi connectivity index (χ1n) is 6.98. The van der Waals surface area contributed by atoms with Crippen molar-refractivity contribution in [3.05, 3.63) is 0 Å². The third-order valence-electron chi connectivity index (χ3n) is 3.01. The molecule has 1 heterocycles. The lowest BCUT2D eigenvalue weighted by Crippen LogP contribution is -2.71. The van der Waals surface area contributed by atoms with Gasteiger partial charge in [0.25, 0.3) is 0 Å². The van der Waals surface area contributed by atoms with E-state index in [-0.39, 0.29) is 12.5 Å². The highest BCUT2D eigenvalue weighted by Crippen LogP contribution is 2.27. The van der Waals surface area contributed by atoms with E-state index in [1.54, 1.807) is 4.90 Å². The molecule has 0 radical (unpaired) electrons. The quantitative estimate of drug-likeness (QED) is 0.804. The van der Waals surface area contributed by atoms with Gasteiger partial charge in [0.2, 0.25) is 0 Å². The van der Waals surface area contributed by atoms with Gasteiger partial charge in [0.15, 0.2) is 0 Å². The van der Waals surface area contributed by atoms with Crippen LogP contribution in [0.1, 0.15) is 41.0 Å². The van der Waals surface area contributed by atoms with Crippen LogP contribution in [0.4, 0.5) is 4.79 Å². The Morgan fingerprint density at radius 3 is 2.30 bits per heavy atom. The van der Waals surface area contributed by atoms with Crippen LogP contribution in [0, 0.1) is 5.92 Å². The summed E-state index contributed by atoms with van der Waals surface area (Å²) in [6.45, 7) is 11.0. The second kappa shape index (κ2) is 5.99. The predicted molar refractivity (Wildman–Crippen MR) is 75.6 cm³/mol. The topological polar surface area (TPSA) is 78.9 Å².